The first-order valence-corrected chi connectivity index (χ1v) is 15.0. The summed E-state index contributed by atoms with van der Waals surface area (Å²) in [7, 11) is -1.72. The third-order valence-electron chi connectivity index (χ3n) is 6.97. The number of fused-ring (bicyclic) bond motifs is 1. The number of methoxy groups -OCH3 is 1. The first kappa shape index (κ1) is 29.1. The minimum absolute atomic E-state index is 0.0896. The number of para-hydroxylation sites is 1. The maximum atomic E-state index is 12.7. The molecule has 2 N–H and O–H groups in total. The molecule has 0 radical (unpaired) electrons. The van der Waals surface area contributed by atoms with Gasteiger partial charge < -0.3 is 20.1 Å². The van der Waals surface area contributed by atoms with E-state index in [1.54, 1.807) is 48.4 Å². The maximum Gasteiger partial charge on any atom is 0.410 e. The number of piperidine rings is 1. The fraction of sp³-hybridized carbons (Fsp3) is 0.281. The van der Waals surface area contributed by atoms with Crippen LogP contribution in [0.15, 0.2) is 102 Å². The third-order valence-corrected chi connectivity index (χ3v) is 8.68. The van der Waals surface area contributed by atoms with Crippen LogP contribution in [-0.4, -0.2) is 46.2 Å². The molecule has 1 heterocycles. The summed E-state index contributed by atoms with van der Waals surface area (Å²) in [5, 5.41) is 1.66. The Morgan fingerprint density at radius 1 is 0.875 bits per heavy atom. The summed E-state index contributed by atoms with van der Waals surface area (Å²) in [6, 6.07) is 29.6. The molecule has 8 heteroatoms. The summed E-state index contributed by atoms with van der Waals surface area (Å²) in [6.07, 6.45) is 1.78. The zero-order valence-corrected chi connectivity index (χ0v) is 23.6. The summed E-state index contributed by atoms with van der Waals surface area (Å²) < 4.78 is 35.9. The molecule has 7 nitrogen and oxygen atoms in total. The van der Waals surface area contributed by atoms with Crippen LogP contribution in [0, 0.1) is 5.92 Å². The van der Waals surface area contributed by atoms with E-state index in [0.717, 1.165) is 48.9 Å². The lowest BCUT2D eigenvalue weighted by Gasteiger charge is -2.30. The Labute approximate surface area is 236 Å². The molecule has 0 aliphatic carbocycles. The summed E-state index contributed by atoms with van der Waals surface area (Å²) in [6.45, 7) is 2.66. The molecule has 4 aromatic rings. The van der Waals surface area contributed by atoms with Gasteiger partial charge in [-0.1, -0.05) is 84.9 Å². The van der Waals surface area contributed by atoms with E-state index in [9.17, 15) is 13.2 Å². The van der Waals surface area contributed by atoms with E-state index in [2.05, 4.69) is 0 Å². The van der Waals surface area contributed by atoms with Crippen LogP contribution < -0.4 is 5.73 Å². The minimum atomic E-state index is -3.44. The summed E-state index contributed by atoms with van der Waals surface area (Å²) >= 11 is 0. The lowest BCUT2D eigenvalue weighted by Crippen LogP contribution is -2.39. The zero-order valence-electron chi connectivity index (χ0n) is 22.7. The smallest absolute Gasteiger partial charge is 0.410 e. The number of hydrogen-bond acceptors (Lipinski definition) is 6. The topological polar surface area (TPSA) is 98.9 Å². The van der Waals surface area contributed by atoms with E-state index in [0.29, 0.717) is 28.7 Å². The van der Waals surface area contributed by atoms with Gasteiger partial charge in [-0.3, -0.25) is 0 Å². The molecule has 0 aromatic heterocycles. The largest absolute Gasteiger partial charge is 0.445 e. The summed E-state index contributed by atoms with van der Waals surface area (Å²) in [4.78, 5) is 14.0. The van der Waals surface area contributed by atoms with Crippen molar-refractivity contribution in [1.82, 2.24) is 4.90 Å². The number of amides is 1. The average Bonchev–Trinajstić information content (AvgIpc) is 2.98. The predicted molar refractivity (Wildman–Crippen MR) is 158 cm³/mol. The zero-order chi connectivity index (χ0) is 28.4. The van der Waals surface area contributed by atoms with Crippen molar-refractivity contribution in [2.75, 3.05) is 32.5 Å². The number of rotatable bonds is 7. The molecule has 1 aliphatic rings. The number of sulfone groups is 1. The van der Waals surface area contributed by atoms with E-state index in [1.807, 2.05) is 60.7 Å². The van der Waals surface area contributed by atoms with Gasteiger partial charge in [-0.25, -0.2) is 13.2 Å². The van der Waals surface area contributed by atoms with Gasteiger partial charge in [0.25, 0.3) is 0 Å². The Kier molecular flexibility index (Phi) is 10.2. The Morgan fingerprint density at radius 2 is 1.52 bits per heavy atom. The van der Waals surface area contributed by atoms with Crippen molar-refractivity contribution in [3.63, 3.8) is 0 Å². The fourth-order valence-corrected chi connectivity index (χ4v) is 6.38. The van der Waals surface area contributed by atoms with E-state index in [1.165, 1.54) is 0 Å². The third kappa shape index (κ3) is 7.83. The van der Waals surface area contributed by atoms with Crippen molar-refractivity contribution < 1.29 is 22.7 Å². The number of nitrogens with zero attached hydrogens (tertiary/aromatic N) is 1. The van der Waals surface area contributed by atoms with Gasteiger partial charge in [-0.15, -0.1) is 0 Å². The molecule has 0 atom stereocenters. The molecular weight excluding hydrogens is 524 g/mol. The highest BCUT2D eigenvalue weighted by molar-refractivity contribution is 7.90. The van der Waals surface area contributed by atoms with Gasteiger partial charge >= 0.3 is 6.09 Å². The molecule has 1 aliphatic heterocycles. The molecule has 210 valence electrons. The van der Waals surface area contributed by atoms with E-state index in [4.69, 9.17) is 15.2 Å². The minimum Gasteiger partial charge on any atom is -0.445 e. The number of anilines is 1. The van der Waals surface area contributed by atoms with Crippen LogP contribution in [0.2, 0.25) is 0 Å². The predicted octanol–water partition coefficient (Wildman–Crippen LogP) is 6.08. The van der Waals surface area contributed by atoms with Gasteiger partial charge in [0.15, 0.2) is 9.84 Å². The molecule has 4 aromatic carbocycles. The quantitative estimate of drug-likeness (QED) is 0.275. The van der Waals surface area contributed by atoms with Crippen molar-refractivity contribution in [3.05, 3.63) is 108 Å². The van der Waals surface area contributed by atoms with Crippen molar-refractivity contribution in [2.45, 2.75) is 30.1 Å². The van der Waals surface area contributed by atoms with Gasteiger partial charge in [-0.2, -0.15) is 0 Å². The standard InChI is InChI=1S/C17H15NO2S.C15H21NO3/c18-16-10-4-2-7-14(16)12-21(19,20)17-11-5-8-13-6-1-3-9-15(13)17;1-18-11-14-7-9-16(10-8-14)15(17)19-12-13-5-3-2-4-6-13/h1-11H,12,18H2;2-6,14H,7-12H2,1H3. The van der Waals surface area contributed by atoms with Crippen molar-refractivity contribution in [1.29, 1.82) is 0 Å². The lowest BCUT2D eigenvalue weighted by atomic mass is 9.98. The highest BCUT2D eigenvalue weighted by Crippen LogP contribution is 2.27. The average molecular weight is 561 g/mol. The van der Waals surface area contributed by atoms with Crippen LogP contribution in [0.1, 0.15) is 24.0 Å². The summed E-state index contributed by atoms with van der Waals surface area (Å²) in [5.41, 5.74) is 8.00. The van der Waals surface area contributed by atoms with Gasteiger partial charge in [0.1, 0.15) is 6.61 Å². The fourth-order valence-electron chi connectivity index (χ4n) is 4.74. The second-order valence-electron chi connectivity index (χ2n) is 9.86. The van der Waals surface area contributed by atoms with Crippen LogP contribution in [0.25, 0.3) is 10.8 Å². The van der Waals surface area contributed by atoms with E-state index < -0.39 is 9.84 Å². The van der Waals surface area contributed by atoms with Crippen molar-refractivity contribution >= 4 is 32.4 Å². The molecule has 1 saturated heterocycles. The van der Waals surface area contributed by atoms with Crippen LogP contribution in [0.3, 0.4) is 0 Å². The normalized spacial score (nSPS) is 13.9. The van der Waals surface area contributed by atoms with Gasteiger partial charge in [0, 0.05) is 37.9 Å². The van der Waals surface area contributed by atoms with E-state index >= 15 is 0 Å². The van der Waals surface area contributed by atoms with Crippen LogP contribution in [0.4, 0.5) is 10.5 Å². The van der Waals surface area contributed by atoms with Gasteiger partial charge in [-0.05, 0) is 47.4 Å². The number of nitrogen functional groups attached to an aromatic ring is 1. The molecule has 0 spiro atoms. The van der Waals surface area contributed by atoms with Crippen LogP contribution in [-0.2, 0) is 31.7 Å². The Bertz CT molecular complexity index is 1500. The number of ether oxygens (including phenoxy) is 2. The SMILES string of the molecule is COCC1CCN(C(=O)OCc2ccccc2)CC1.Nc1ccccc1CS(=O)(=O)c1cccc2ccccc12. The number of hydrogen-bond donors (Lipinski definition) is 1. The first-order valence-electron chi connectivity index (χ1n) is 13.4. The highest BCUT2D eigenvalue weighted by atomic mass is 32.2. The van der Waals surface area contributed by atoms with Gasteiger partial charge in [0.05, 0.1) is 10.6 Å². The van der Waals surface area contributed by atoms with Crippen LogP contribution in [0.5, 0.6) is 0 Å². The molecule has 40 heavy (non-hydrogen) atoms. The first-order chi connectivity index (χ1) is 19.4. The molecule has 1 fully saturated rings. The lowest BCUT2D eigenvalue weighted by molar-refractivity contribution is 0.0667. The number of carbonyl (C=O) groups excluding carboxylic acids is 1. The maximum absolute atomic E-state index is 12.7. The number of nitrogens with two attached hydrogens (primary N) is 1. The number of carbonyl (C=O) groups is 1. The Hall–Kier alpha value is -3.88. The van der Waals surface area contributed by atoms with Crippen molar-refractivity contribution in [3.8, 4) is 0 Å². The van der Waals surface area contributed by atoms with Gasteiger partial charge in [0.2, 0.25) is 0 Å². The molecular formula is C32H36N2O5S. The highest BCUT2D eigenvalue weighted by Gasteiger charge is 2.23. The number of likely N-dealkylation sites (tertiary alicyclic amines) is 1. The van der Waals surface area contributed by atoms with E-state index in [-0.39, 0.29) is 11.8 Å². The monoisotopic (exact) mass is 560 g/mol. The number of benzene rings is 4. The summed E-state index contributed by atoms with van der Waals surface area (Å²) in [5.74, 6) is 0.483. The molecule has 1 amide bonds. The Balaban J connectivity index is 0.000000186. The molecule has 0 bridgehead atoms. The molecule has 0 unspecified atom stereocenters. The molecule has 5 rings (SSSR count). The van der Waals surface area contributed by atoms with Crippen molar-refractivity contribution in [2.24, 2.45) is 5.92 Å². The second kappa shape index (κ2) is 14.0. The molecule has 0 saturated carbocycles. The second-order valence-corrected chi connectivity index (χ2v) is 11.8. The Morgan fingerprint density at radius 3 is 2.25 bits per heavy atom. The van der Waals surface area contributed by atoms with Crippen LogP contribution >= 0.6 is 0 Å².